The van der Waals surface area contributed by atoms with Gasteiger partial charge in [-0.25, -0.2) is 0 Å². The van der Waals surface area contributed by atoms with Crippen molar-refractivity contribution in [2.45, 2.75) is 71.1 Å². The number of hydrogen-bond donors (Lipinski definition) is 1. The number of ether oxygens (including phenoxy) is 1. The fraction of sp³-hybridized carbons (Fsp3) is 0.633. The number of piperazine rings is 1. The van der Waals surface area contributed by atoms with Crippen LogP contribution in [0.15, 0.2) is 34.9 Å². The van der Waals surface area contributed by atoms with Crippen molar-refractivity contribution < 1.29 is 9.84 Å². The SMILES string of the molecule is CCN1c2ccc(Br)cc2C(CC(C)(C)CO)C1c1cc(N2CCN(C3CC3)CC2)cnc1C(C)OC. The first-order valence-corrected chi connectivity index (χ1v) is 14.7. The Morgan fingerprint density at radius 2 is 1.86 bits per heavy atom. The van der Waals surface area contributed by atoms with E-state index in [1.165, 1.54) is 35.3 Å². The van der Waals surface area contributed by atoms with Crippen molar-refractivity contribution in [1.29, 1.82) is 0 Å². The Morgan fingerprint density at radius 3 is 2.49 bits per heavy atom. The third-order valence-electron chi connectivity index (χ3n) is 8.69. The zero-order valence-electron chi connectivity index (χ0n) is 23.1. The van der Waals surface area contributed by atoms with Crippen LogP contribution >= 0.6 is 15.9 Å². The van der Waals surface area contributed by atoms with Crippen LogP contribution in [0, 0.1) is 5.41 Å². The number of benzene rings is 1. The van der Waals surface area contributed by atoms with Crippen molar-refractivity contribution in [2.75, 3.05) is 56.2 Å². The Labute approximate surface area is 231 Å². The molecular weight excluding hydrogens is 528 g/mol. The molecule has 1 aromatic carbocycles. The number of aliphatic hydroxyl groups excluding tert-OH is 1. The molecule has 0 amide bonds. The van der Waals surface area contributed by atoms with Gasteiger partial charge in [-0.3, -0.25) is 9.88 Å². The lowest BCUT2D eigenvalue weighted by Crippen LogP contribution is -2.47. The Bertz CT molecular complexity index is 1100. The molecule has 7 heteroatoms. The number of fused-ring (bicyclic) bond motifs is 1. The van der Waals surface area contributed by atoms with Crippen molar-refractivity contribution in [2.24, 2.45) is 5.41 Å². The molecule has 2 aliphatic heterocycles. The van der Waals surface area contributed by atoms with Crippen molar-refractivity contribution >= 4 is 27.3 Å². The quantitative estimate of drug-likeness (QED) is 0.404. The first kappa shape index (κ1) is 26.9. The van der Waals surface area contributed by atoms with Gasteiger partial charge >= 0.3 is 0 Å². The summed E-state index contributed by atoms with van der Waals surface area (Å²) in [7, 11) is 1.77. The second-order valence-electron chi connectivity index (χ2n) is 11.9. The van der Waals surface area contributed by atoms with Crippen LogP contribution in [0.5, 0.6) is 0 Å². The van der Waals surface area contributed by atoms with E-state index in [0.29, 0.717) is 0 Å². The van der Waals surface area contributed by atoms with Gasteiger partial charge in [0, 0.05) is 74.1 Å². The Kier molecular flexibility index (Phi) is 7.88. The van der Waals surface area contributed by atoms with Crippen LogP contribution < -0.4 is 9.80 Å². The van der Waals surface area contributed by atoms with Crippen LogP contribution in [0.2, 0.25) is 0 Å². The summed E-state index contributed by atoms with van der Waals surface area (Å²) in [5.41, 5.74) is 5.93. The van der Waals surface area contributed by atoms with Gasteiger partial charge in [-0.05, 0) is 68.4 Å². The average molecular weight is 572 g/mol. The Balaban J connectivity index is 1.57. The van der Waals surface area contributed by atoms with Crippen molar-refractivity contribution in [1.82, 2.24) is 9.88 Å². The van der Waals surface area contributed by atoms with Gasteiger partial charge in [-0.15, -0.1) is 0 Å². The maximum Gasteiger partial charge on any atom is 0.0966 e. The van der Waals surface area contributed by atoms with E-state index in [9.17, 15) is 5.11 Å². The first-order valence-electron chi connectivity index (χ1n) is 13.9. The summed E-state index contributed by atoms with van der Waals surface area (Å²) >= 11 is 3.73. The van der Waals surface area contributed by atoms with Gasteiger partial charge in [-0.2, -0.15) is 0 Å². The summed E-state index contributed by atoms with van der Waals surface area (Å²) in [5.74, 6) is 0.237. The molecule has 3 heterocycles. The number of pyridine rings is 1. The highest BCUT2D eigenvalue weighted by Crippen LogP contribution is 2.54. The predicted octanol–water partition coefficient (Wildman–Crippen LogP) is 5.91. The van der Waals surface area contributed by atoms with Crippen molar-refractivity contribution in [3.05, 3.63) is 51.8 Å². The van der Waals surface area contributed by atoms with Gasteiger partial charge in [0.2, 0.25) is 0 Å². The molecule has 2 fully saturated rings. The number of aliphatic hydroxyl groups is 1. The maximum absolute atomic E-state index is 10.2. The number of hydrogen-bond acceptors (Lipinski definition) is 6. The minimum Gasteiger partial charge on any atom is -0.396 e. The van der Waals surface area contributed by atoms with E-state index in [0.717, 1.165) is 55.4 Å². The molecule has 5 rings (SSSR count). The van der Waals surface area contributed by atoms with Gasteiger partial charge in [0.05, 0.1) is 29.7 Å². The zero-order valence-corrected chi connectivity index (χ0v) is 24.7. The molecule has 0 radical (unpaired) electrons. The van der Waals surface area contributed by atoms with E-state index >= 15 is 0 Å². The lowest BCUT2D eigenvalue weighted by molar-refractivity contribution is 0.114. The van der Waals surface area contributed by atoms with E-state index in [1.54, 1.807) is 7.11 Å². The van der Waals surface area contributed by atoms with E-state index in [2.05, 4.69) is 88.8 Å². The molecule has 6 nitrogen and oxygen atoms in total. The lowest BCUT2D eigenvalue weighted by Gasteiger charge is -2.38. The predicted molar refractivity (Wildman–Crippen MR) is 155 cm³/mol. The van der Waals surface area contributed by atoms with Gasteiger partial charge in [-0.1, -0.05) is 29.8 Å². The standard InChI is InChI=1S/C30H43BrN4O2/c1-6-35-27-10-7-21(31)15-24(27)26(17-30(3,4)19-36)29(35)25-16-23(18-32-28(25)20(2)37-5)34-13-11-33(12-14-34)22-8-9-22/h7,10,15-16,18,20,22,26,29,36H,6,8-9,11-14,17,19H2,1-5H3. The van der Waals surface area contributed by atoms with E-state index in [-0.39, 0.29) is 30.1 Å². The molecule has 1 saturated carbocycles. The molecule has 202 valence electrons. The number of halogens is 1. The number of likely N-dealkylation sites (N-methyl/N-ethyl adjacent to an activating group) is 1. The molecule has 3 aliphatic rings. The summed E-state index contributed by atoms with van der Waals surface area (Å²) < 4.78 is 6.94. The van der Waals surface area contributed by atoms with Gasteiger partial charge in [0.25, 0.3) is 0 Å². The molecule has 37 heavy (non-hydrogen) atoms. The van der Waals surface area contributed by atoms with Crippen LogP contribution in [0.3, 0.4) is 0 Å². The molecule has 1 N–H and O–H groups in total. The van der Waals surface area contributed by atoms with Crippen LogP contribution in [-0.2, 0) is 4.74 Å². The largest absolute Gasteiger partial charge is 0.396 e. The van der Waals surface area contributed by atoms with Crippen LogP contribution in [0.4, 0.5) is 11.4 Å². The summed E-state index contributed by atoms with van der Waals surface area (Å²) in [6.07, 6.45) is 5.58. The molecular formula is C30H43BrN4O2. The molecule has 1 saturated heterocycles. The molecule has 3 unspecified atom stereocenters. The highest BCUT2D eigenvalue weighted by molar-refractivity contribution is 9.10. The zero-order chi connectivity index (χ0) is 26.3. The van der Waals surface area contributed by atoms with Crippen LogP contribution in [-0.4, -0.2) is 67.5 Å². The minimum atomic E-state index is -0.191. The van der Waals surface area contributed by atoms with E-state index < -0.39 is 0 Å². The van der Waals surface area contributed by atoms with Crippen molar-refractivity contribution in [3.8, 4) is 0 Å². The van der Waals surface area contributed by atoms with E-state index in [4.69, 9.17) is 9.72 Å². The highest BCUT2D eigenvalue weighted by atomic mass is 79.9. The third kappa shape index (κ3) is 5.42. The fourth-order valence-electron chi connectivity index (χ4n) is 6.38. The summed E-state index contributed by atoms with van der Waals surface area (Å²) in [5, 5.41) is 10.2. The molecule has 3 atom stereocenters. The first-order chi connectivity index (χ1) is 17.8. The molecule has 1 aliphatic carbocycles. The van der Waals surface area contributed by atoms with Gasteiger partial charge in [0.15, 0.2) is 0 Å². The second-order valence-corrected chi connectivity index (χ2v) is 12.8. The lowest BCUT2D eigenvalue weighted by atomic mass is 9.76. The summed E-state index contributed by atoms with van der Waals surface area (Å²) in [6, 6.07) is 10.0. The number of aromatic nitrogens is 1. The number of methoxy groups -OCH3 is 1. The smallest absolute Gasteiger partial charge is 0.0966 e. The summed E-state index contributed by atoms with van der Waals surface area (Å²) in [4.78, 5) is 12.8. The molecule has 2 aromatic rings. The second kappa shape index (κ2) is 10.8. The van der Waals surface area contributed by atoms with Gasteiger partial charge < -0.3 is 19.6 Å². The monoisotopic (exact) mass is 570 g/mol. The average Bonchev–Trinajstić information content (AvgIpc) is 3.72. The van der Waals surface area contributed by atoms with E-state index in [1.807, 2.05) is 0 Å². The van der Waals surface area contributed by atoms with Crippen molar-refractivity contribution in [3.63, 3.8) is 0 Å². The minimum absolute atomic E-state index is 0.101. The fourth-order valence-corrected chi connectivity index (χ4v) is 6.76. The normalized spacial score (nSPS) is 23.4. The molecule has 1 aromatic heterocycles. The van der Waals surface area contributed by atoms with Crippen LogP contribution in [0.25, 0.3) is 0 Å². The number of anilines is 2. The third-order valence-corrected chi connectivity index (χ3v) is 9.18. The van der Waals surface area contributed by atoms with Gasteiger partial charge in [0.1, 0.15) is 0 Å². The number of nitrogens with zero attached hydrogens (tertiary/aromatic N) is 4. The Morgan fingerprint density at radius 1 is 1.14 bits per heavy atom. The number of rotatable bonds is 9. The maximum atomic E-state index is 10.2. The topological polar surface area (TPSA) is 52.1 Å². The Hall–Kier alpha value is -1.67. The summed E-state index contributed by atoms with van der Waals surface area (Å²) in [6.45, 7) is 14.1. The molecule has 0 bridgehead atoms. The molecule has 0 spiro atoms. The van der Waals surface area contributed by atoms with Crippen LogP contribution in [0.1, 0.15) is 81.8 Å². The highest BCUT2D eigenvalue weighted by Gasteiger charge is 2.43.